The molecule has 0 radical (unpaired) electrons. The van der Waals surface area contributed by atoms with Gasteiger partial charge in [-0.05, 0) is 31.0 Å². The number of hydrogen-bond acceptors (Lipinski definition) is 4. The number of rotatable bonds is 6. The summed E-state index contributed by atoms with van der Waals surface area (Å²) in [5, 5.41) is 14.3. The molecule has 3 N–H and O–H groups in total. The summed E-state index contributed by atoms with van der Waals surface area (Å²) in [4.78, 5) is 13.1. The Bertz CT molecular complexity index is 650. The Morgan fingerprint density at radius 3 is 2.60 bits per heavy atom. The van der Waals surface area contributed by atoms with Crippen LogP contribution in [0, 0.1) is 0 Å². The zero-order valence-electron chi connectivity index (χ0n) is 10.8. The van der Waals surface area contributed by atoms with Gasteiger partial charge in [-0.15, -0.1) is 6.58 Å². The van der Waals surface area contributed by atoms with Crippen molar-refractivity contribution in [1.29, 1.82) is 0 Å². The van der Waals surface area contributed by atoms with E-state index >= 15 is 0 Å². The molecule has 1 fully saturated rings. The van der Waals surface area contributed by atoms with Crippen LogP contribution in [0.5, 0.6) is 0 Å². The van der Waals surface area contributed by atoms with Gasteiger partial charge >= 0.3 is 5.97 Å². The summed E-state index contributed by atoms with van der Waals surface area (Å²) >= 11 is 0. The van der Waals surface area contributed by atoms with E-state index in [9.17, 15) is 18.3 Å². The SMILES string of the molecule is C=CCN(c1ccc(S(N)(=O)=O)cc1C(=O)O)C1CC1. The van der Waals surface area contributed by atoms with E-state index in [4.69, 9.17) is 5.14 Å². The van der Waals surface area contributed by atoms with E-state index in [0.717, 1.165) is 18.9 Å². The van der Waals surface area contributed by atoms with Crippen molar-refractivity contribution in [1.82, 2.24) is 0 Å². The van der Waals surface area contributed by atoms with Gasteiger partial charge in [-0.25, -0.2) is 18.4 Å². The summed E-state index contributed by atoms with van der Waals surface area (Å²) in [7, 11) is -3.92. The van der Waals surface area contributed by atoms with Crippen molar-refractivity contribution < 1.29 is 18.3 Å². The van der Waals surface area contributed by atoms with Gasteiger partial charge in [0.25, 0.3) is 0 Å². The largest absolute Gasteiger partial charge is 0.478 e. The zero-order valence-corrected chi connectivity index (χ0v) is 11.6. The van der Waals surface area contributed by atoms with Crippen LogP contribution in [0.1, 0.15) is 23.2 Å². The van der Waals surface area contributed by atoms with Gasteiger partial charge in [0.1, 0.15) is 0 Å². The highest BCUT2D eigenvalue weighted by molar-refractivity contribution is 7.89. The van der Waals surface area contributed by atoms with Gasteiger partial charge in [0.2, 0.25) is 10.0 Å². The normalized spacial score (nSPS) is 14.8. The maximum atomic E-state index is 11.4. The Kier molecular flexibility index (Phi) is 3.82. The topological polar surface area (TPSA) is 101 Å². The predicted molar refractivity (Wildman–Crippen MR) is 75.3 cm³/mol. The molecule has 108 valence electrons. The van der Waals surface area contributed by atoms with Gasteiger partial charge in [0.05, 0.1) is 16.1 Å². The number of primary sulfonamides is 1. The lowest BCUT2D eigenvalue weighted by molar-refractivity contribution is 0.0697. The predicted octanol–water partition coefficient (Wildman–Crippen LogP) is 1.19. The molecule has 0 aromatic heterocycles. The number of carboxylic acid groups (broad SMARTS) is 1. The third-order valence-electron chi connectivity index (χ3n) is 3.15. The van der Waals surface area contributed by atoms with Gasteiger partial charge in [0.15, 0.2) is 0 Å². The van der Waals surface area contributed by atoms with Gasteiger partial charge in [-0.2, -0.15) is 0 Å². The molecular weight excluding hydrogens is 280 g/mol. The van der Waals surface area contributed by atoms with Crippen molar-refractivity contribution in [3.63, 3.8) is 0 Å². The fraction of sp³-hybridized carbons (Fsp3) is 0.308. The average Bonchev–Trinajstić information content (AvgIpc) is 3.18. The third kappa shape index (κ3) is 3.00. The quantitative estimate of drug-likeness (QED) is 0.768. The van der Waals surface area contributed by atoms with Crippen LogP contribution in [0.25, 0.3) is 0 Å². The number of anilines is 1. The first-order chi connectivity index (χ1) is 9.34. The van der Waals surface area contributed by atoms with Crippen molar-refractivity contribution in [2.75, 3.05) is 11.4 Å². The van der Waals surface area contributed by atoms with E-state index in [2.05, 4.69) is 6.58 Å². The molecule has 0 saturated heterocycles. The highest BCUT2D eigenvalue weighted by Crippen LogP contribution is 2.34. The van der Waals surface area contributed by atoms with Crippen LogP contribution in [0.3, 0.4) is 0 Å². The van der Waals surface area contributed by atoms with E-state index in [1.165, 1.54) is 12.1 Å². The number of hydrogen-bond donors (Lipinski definition) is 2. The summed E-state index contributed by atoms with van der Waals surface area (Å²) in [6, 6.07) is 4.21. The molecule has 0 unspecified atom stereocenters. The smallest absolute Gasteiger partial charge is 0.337 e. The second kappa shape index (κ2) is 5.26. The summed E-state index contributed by atoms with van der Waals surface area (Å²) in [6.07, 6.45) is 3.67. The molecule has 1 aliphatic carbocycles. The maximum absolute atomic E-state index is 11.4. The van der Waals surface area contributed by atoms with Crippen molar-refractivity contribution in [3.8, 4) is 0 Å². The summed E-state index contributed by atoms with van der Waals surface area (Å²) in [5.41, 5.74) is 0.428. The standard InChI is InChI=1S/C13H16N2O4S/c1-2-7-15(9-3-4-9)12-6-5-10(20(14,18)19)8-11(12)13(16)17/h2,5-6,8-9H,1,3-4,7H2,(H,16,17)(H2,14,18,19). The van der Waals surface area contributed by atoms with E-state index < -0.39 is 16.0 Å². The lowest BCUT2D eigenvalue weighted by atomic mass is 10.1. The highest BCUT2D eigenvalue weighted by Gasteiger charge is 2.31. The van der Waals surface area contributed by atoms with E-state index in [0.29, 0.717) is 12.2 Å². The van der Waals surface area contributed by atoms with Crippen molar-refractivity contribution in [2.24, 2.45) is 5.14 Å². The molecule has 1 aromatic rings. The molecule has 1 saturated carbocycles. The molecule has 0 bridgehead atoms. The Morgan fingerprint density at radius 1 is 1.50 bits per heavy atom. The minimum absolute atomic E-state index is 0.0646. The molecule has 0 spiro atoms. The second-order valence-corrected chi connectivity index (χ2v) is 6.26. The Labute approximate surface area is 117 Å². The monoisotopic (exact) mass is 296 g/mol. The van der Waals surface area contributed by atoms with Gasteiger partial charge in [-0.1, -0.05) is 6.08 Å². The van der Waals surface area contributed by atoms with Crippen LogP contribution in [0.2, 0.25) is 0 Å². The third-order valence-corrected chi connectivity index (χ3v) is 4.06. The molecule has 2 rings (SSSR count). The first-order valence-electron chi connectivity index (χ1n) is 6.12. The average molecular weight is 296 g/mol. The number of nitrogens with zero attached hydrogens (tertiary/aromatic N) is 1. The lowest BCUT2D eigenvalue weighted by Crippen LogP contribution is -2.27. The summed E-state index contributed by atoms with van der Waals surface area (Å²) in [5.74, 6) is -1.18. The fourth-order valence-corrected chi connectivity index (χ4v) is 2.62. The lowest BCUT2D eigenvalue weighted by Gasteiger charge is -2.25. The van der Waals surface area contributed by atoms with Crippen molar-refractivity contribution in [3.05, 3.63) is 36.4 Å². The first-order valence-corrected chi connectivity index (χ1v) is 7.67. The molecule has 6 nitrogen and oxygen atoms in total. The first kappa shape index (κ1) is 14.5. The van der Waals surface area contributed by atoms with Gasteiger partial charge in [-0.3, -0.25) is 0 Å². The van der Waals surface area contributed by atoms with Crippen LogP contribution in [-0.2, 0) is 10.0 Å². The van der Waals surface area contributed by atoms with Crippen LogP contribution in [-0.4, -0.2) is 32.1 Å². The number of nitrogens with two attached hydrogens (primary N) is 1. The van der Waals surface area contributed by atoms with Crippen molar-refractivity contribution in [2.45, 2.75) is 23.8 Å². The molecule has 1 aromatic carbocycles. The van der Waals surface area contributed by atoms with Gasteiger partial charge in [0, 0.05) is 12.6 Å². The summed E-state index contributed by atoms with van der Waals surface area (Å²) in [6.45, 7) is 4.18. The molecule has 0 atom stereocenters. The minimum Gasteiger partial charge on any atom is -0.478 e. The number of carboxylic acids is 1. The molecule has 1 aliphatic rings. The van der Waals surface area contributed by atoms with Crippen LogP contribution in [0.4, 0.5) is 5.69 Å². The van der Waals surface area contributed by atoms with Gasteiger partial charge < -0.3 is 10.0 Å². The molecule has 20 heavy (non-hydrogen) atoms. The summed E-state index contributed by atoms with van der Waals surface area (Å²) < 4.78 is 22.6. The fourth-order valence-electron chi connectivity index (χ4n) is 2.08. The van der Waals surface area contributed by atoms with Crippen LogP contribution in [0.15, 0.2) is 35.7 Å². The maximum Gasteiger partial charge on any atom is 0.337 e. The Morgan fingerprint density at radius 2 is 2.15 bits per heavy atom. The van der Waals surface area contributed by atoms with E-state index in [1.54, 1.807) is 6.08 Å². The molecule has 0 aliphatic heterocycles. The minimum atomic E-state index is -3.92. The number of aromatic carboxylic acids is 1. The zero-order chi connectivity index (χ0) is 14.9. The molecule has 0 heterocycles. The number of benzene rings is 1. The number of carbonyl (C=O) groups is 1. The van der Waals surface area contributed by atoms with Crippen molar-refractivity contribution >= 4 is 21.7 Å². The Hall–Kier alpha value is -1.86. The number of sulfonamides is 1. The van der Waals surface area contributed by atoms with E-state index in [-0.39, 0.29) is 16.5 Å². The van der Waals surface area contributed by atoms with Crippen LogP contribution < -0.4 is 10.0 Å². The molecule has 0 amide bonds. The molecule has 7 heteroatoms. The second-order valence-electron chi connectivity index (χ2n) is 4.70. The highest BCUT2D eigenvalue weighted by atomic mass is 32.2. The molecular formula is C13H16N2O4S. The van der Waals surface area contributed by atoms with Crippen LogP contribution >= 0.6 is 0 Å². The Balaban J connectivity index is 2.52. The van der Waals surface area contributed by atoms with E-state index in [1.807, 2.05) is 4.90 Å².